The third-order valence-corrected chi connectivity index (χ3v) is 47.4. The Bertz CT molecular complexity index is 3970. The Morgan fingerprint density at radius 1 is 0.354 bits per heavy atom. The normalized spacial score (nSPS) is 53.1. The summed E-state index contributed by atoms with van der Waals surface area (Å²) in [6, 6.07) is 0. The lowest BCUT2D eigenvalue weighted by Gasteiger charge is -2.59. The zero-order valence-corrected chi connectivity index (χ0v) is 83.4. The molecule has 20 saturated carbocycles. The van der Waals surface area contributed by atoms with E-state index < -0.39 is 16.8 Å². The largest absolute Gasteiger partial charge is 0.470 e. The fourth-order valence-electron chi connectivity index (χ4n) is 41.0. The van der Waals surface area contributed by atoms with Crippen LogP contribution in [0, 0.1) is 216 Å². The van der Waals surface area contributed by atoms with E-state index >= 15 is 0 Å². The topological polar surface area (TPSA) is 179 Å². The Balaban J connectivity index is 0.000000105. The van der Waals surface area contributed by atoms with E-state index in [0.29, 0.717) is 34.6 Å². The van der Waals surface area contributed by atoms with Gasteiger partial charge in [0.05, 0.1) is 76.3 Å². The number of ketones is 1. The van der Waals surface area contributed by atoms with Crippen LogP contribution in [0.1, 0.15) is 369 Å². The van der Waals surface area contributed by atoms with Gasteiger partial charge in [-0.05, 0) is 434 Å². The molecule has 3 N–H and O–H groups in total. The first-order valence-electron chi connectivity index (χ1n) is 55.0. The number of aliphatic hydroxyl groups is 3. The lowest BCUT2D eigenvalue weighted by molar-refractivity contribution is -0.245. The minimum atomic E-state index is -0.436. The molecule has 0 bridgehead atoms. The molecular formula is C114H186N2O13S. The Hall–Kier alpha value is -1.67. The first-order valence-corrected chi connectivity index (χ1v) is 55.4. The Morgan fingerprint density at radius 3 is 1.01 bits per heavy atom. The number of hydrogen-bond acceptors (Lipinski definition) is 15. The van der Waals surface area contributed by atoms with Crippen LogP contribution in [0.15, 0.2) is 18.7 Å². The maximum atomic E-state index is 12.4. The van der Waals surface area contributed by atoms with Crippen LogP contribution < -0.4 is 0 Å². The summed E-state index contributed by atoms with van der Waals surface area (Å²) in [5.74, 6) is 25.9. The van der Waals surface area contributed by atoms with Crippen LogP contribution in [0.3, 0.4) is 0 Å². The van der Waals surface area contributed by atoms with Crippen LogP contribution in [0.2, 0.25) is 0 Å². The molecule has 25 rings (SSSR count). The number of hydrogen-bond donors (Lipinski definition) is 3. The van der Waals surface area contributed by atoms with Gasteiger partial charge in [0.1, 0.15) is 12.1 Å². The minimum absolute atomic E-state index is 0. The summed E-state index contributed by atoms with van der Waals surface area (Å²) < 4.78 is 58.3. The molecule has 20 aliphatic carbocycles. The summed E-state index contributed by atoms with van der Waals surface area (Å²) >= 11 is 5.56. The van der Waals surface area contributed by atoms with Crippen molar-refractivity contribution in [3.8, 4) is 0 Å². The molecule has 0 aromatic carbocycles. The molecule has 4 saturated heterocycles. The van der Waals surface area contributed by atoms with E-state index in [1.807, 2.05) is 17.7 Å². The summed E-state index contributed by atoms with van der Waals surface area (Å²) in [5.41, 5.74) is -0.393. The van der Waals surface area contributed by atoms with Crippen molar-refractivity contribution in [2.75, 3.05) is 59.5 Å². The standard InChI is InChI=1S/C26H38N2O3S.2C22H36O3.C22H36O2.C20H32O2.2CH4/c1-17-3-4-19-20-5-7-25(2)23(6-8-26(25)30-11-12-31-26)22(20)14-18(21(19)13-17)15-29-24(32)28-10-9-27-16-28;2*1-14-12-17-15(16-4-7-20(2,23)13-18(14)16)5-8-21(3)19(17)6-9-22(21)24-10-11-25-22;1-14-4-5-16-17-6-8-21(3)20(7-9-22(21)23-10-11-24-22)19(17)13-15(2)18(16)12-14;1-12-10-15-13(14-6-8-19(2,22)11-16(12)14)7-9-20(3)17(15)4-5-18(20)21;;/h9-10,16-23H,3-8,11-15H2,1-2H3;2*14-19,23H,4-13H2,1-3H3;14-20H,4-13H2,1-3H3;12-17,22H,4-11H2,1-3H3;2*1H4/t17-,18-,19+,20+,21+,22+,23-,25-;2*14-,15-,16-,17-,18-,19+,20?,21+;14-,15+,16+,17+,18+,19+,20-,21-;12-,13-,14-,15-,16-,17+,19?,20+;;/m01101../s1. The molecule has 24 fully saturated rings. The molecule has 1 aromatic rings. The van der Waals surface area contributed by atoms with Gasteiger partial charge in [0.15, 0.2) is 23.1 Å². The van der Waals surface area contributed by atoms with E-state index in [-0.39, 0.29) is 65.1 Å². The van der Waals surface area contributed by atoms with Gasteiger partial charge < -0.3 is 58.0 Å². The third-order valence-electron chi connectivity index (χ3n) is 47.1. The molecular weight excluding hydrogens is 1640 g/mol. The molecule has 24 aliphatic rings. The van der Waals surface area contributed by atoms with Crippen molar-refractivity contribution in [1.29, 1.82) is 0 Å². The Morgan fingerprint density at radius 2 is 0.654 bits per heavy atom. The highest BCUT2D eigenvalue weighted by molar-refractivity contribution is 7.80. The highest BCUT2D eigenvalue weighted by Gasteiger charge is 2.73. The summed E-state index contributed by atoms with van der Waals surface area (Å²) in [7, 11) is 0. The van der Waals surface area contributed by atoms with Gasteiger partial charge in [-0.25, -0.2) is 4.98 Å². The van der Waals surface area contributed by atoms with Crippen molar-refractivity contribution in [2.45, 2.75) is 409 Å². The molecule has 3 unspecified atom stereocenters. The highest BCUT2D eigenvalue weighted by atomic mass is 32.1. The maximum Gasteiger partial charge on any atom is 0.268 e. The van der Waals surface area contributed by atoms with Crippen LogP contribution >= 0.6 is 12.2 Å². The number of aromatic nitrogens is 2. The van der Waals surface area contributed by atoms with Crippen LogP contribution in [0.5, 0.6) is 0 Å². The fraction of sp³-hybridized carbons (Fsp3) is 0.956. The van der Waals surface area contributed by atoms with Crippen molar-refractivity contribution < 1.29 is 62.7 Å². The van der Waals surface area contributed by atoms with Gasteiger partial charge in [0, 0.05) is 71.6 Å². The number of thiocarbonyl (C=S) groups is 1. The molecule has 0 radical (unpaired) electrons. The average molecular weight is 1820 g/mol. The van der Waals surface area contributed by atoms with Gasteiger partial charge >= 0.3 is 0 Å². The van der Waals surface area contributed by atoms with Gasteiger partial charge in [-0.1, -0.05) is 104 Å². The second kappa shape index (κ2) is 36.1. The first kappa shape index (κ1) is 97.2. The Kier molecular flexibility index (Phi) is 27.0. The molecule has 1 aromatic heterocycles. The highest BCUT2D eigenvalue weighted by Crippen LogP contribution is 2.75. The molecule has 16 heteroatoms. The number of imidazole rings is 1. The van der Waals surface area contributed by atoms with Crippen molar-refractivity contribution in [3.05, 3.63) is 18.7 Å². The van der Waals surface area contributed by atoms with Gasteiger partial charge in [-0.15, -0.1) is 0 Å². The van der Waals surface area contributed by atoms with Crippen LogP contribution in [0.4, 0.5) is 0 Å². The number of nitrogens with zero attached hydrogens (tertiary/aromatic N) is 2. The van der Waals surface area contributed by atoms with Crippen LogP contribution in [-0.2, 0) is 47.4 Å². The predicted octanol–water partition coefficient (Wildman–Crippen LogP) is 24.8. The molecule has 0 amide bonds. The maximum absolute atomic E-state index is 12.4. The number of fused-ring (bicyclic) bond motifs is 29. The molecule has 4 aliphatic heterocycles. The van der Waals surface area contributed by atoms with E-state index in [0.717, 1.165) is 309 Å². The number of Topliss-reactive ketones (excluding diaryl/α,β-unsaturated/α-hetero) is 1. The van der Waals surface area contributed by atoms with E-state index in [4.69, 9.17) is 54.8 Å². The second-order valence-electron chi connectivity index (χ2n) is 53.0. The lowest BCUT2D eigenvalue weighted by Crippen LogP contribution is -2.56. The second-order valence-corrected chi connectivity index (χ2v) is 53.3. The number of carbonyl (C=O) groups is 1. The van der Waals surface area contributed by atoms with Gasteiger partial charge in [0.25, 0.3) is 5.17 Å². The van der Waals surface area contributed by atoms with Crippen LogP contribution in [-0.4, -0.2) is 135 Å². The lowest BCUT2D eigenvalue weighted by atomic mass is 9.47. The van der Waals surface area contributed by atoms with E-state index in [1.165, 1.54) is 173 Å². The molecule has 4 spiro atoms. The molecule has 15 nitrogen and oxygen atoms in total. The smallest absolute Gasteiger partial charge is 0.268 e. The first-order chi connectivity index (χ1) is 61.1. The SMILES string of the molecule is C.C.C[C@@H]1C[C@@H]2[C@H](CC[C@@]3(C)[C@H]2CCC32OCCO2)[C@H]2CCC(C)(O)C[C@@H]21.C[C@@H]1C[C@@H]2[C@H](CC[C@@]3(C)[C@H]2CCC32OCCO2)[C@H]2CCC(C)(O)C[C@@H]21.C[C@@H]1C[C@@H]2[C@H](CC[C@]3(C)C(=O)CC[C@@H]23)[C@H]2CCC(C)(O)C[C@@H]21.C[C@H]1CC[C@@H]2[C@H]3CC[C@@]4(C)[C@@H](CCC45OCCO5)[C@@H]3C[C@@H](C)[C@H]2C1.C[C@H]1CC[C@@H]2[C@H]3CC[C@@]4(C)[C@@H](CCC45OCCO5)[C@@H]3C[C@@H](COC(=S)n3ccnc3)[C@H]2C1. The third kappa shape index (κ3) is 16.0. The van der Waals surface area contributed by atoms with Gasteiger partial charge in [-0.2, -0.15) is 0 Å². The van der Waals surface area contributed by atoms with Crippen molar-refractivity contribution in [3.63, 3.8) is 0 Å². The number of ether oxygens (including phenoxy) is 9. The van der Waals surface area contributed by atoms with E-state index in [1.54, 1.807) is 12.5 Å². The van der Waals surface area contributed by atoms with Crippen molar-refractivity contribution >= 4 is 23.2 Å². The van der Waals surface area contributed by atoms with Gasteiger partial charge in [-0.3, -0.25) is 9.36 Å². The van der Waals surface area contributed by atoms with Gasteiger partial charge in [0.2, 0.25) is 0 Å². The van der Waals surface area contributed by atoms with E-state index in [9.17, 15) is 20.1 Å². The summed E-state index contributed by atoms with van der Waals surface area (Å²) in [4.78, 5) is 16.5. The van der Waals surface area contributed by atoms with Crippen LogP contribution in [0.25, 0.3) is 0 Å². The Labute approximate surface area is 793 Å². The minimum Gasteiger partial charge on any atom is -0.470 e. The zero-order chi connectivity index (χ0) is 89.0. The van der Waals surface area contributed by atoms with Crippen molar-refractivity contribution in [2.24, 2.45) is 216 Å². The summed E-state index contributed by atoms with van der Waals surface area (Å²) in [6.07, 6.45) is 55.2. The summed E-state index contributed by atoms with van der Waals surface area (Å²) in [6.45, 7) is 40.3. The fourth-order valence-corrected chi connectivity index (χ4v) is 41.2. The molecule has 5 heterocycles. The number of rotatable bonds is 2. The predicted molar refractivity (Wildman–Crippen MR) is 516 cm³/mol. The molecule has 130 heavy (non-hydrogen) atoms. The average Bonchev–Trinajstić information content (AvgIpc) is 1.63. The monoisotopic (exact) mass is 1820 g/mol. The zero-order valence-electron chi connectivity index (χ0n) is 82.6. The van der Waals surface area contributed by atoms with Crippen molar-refractivity contribution in [1.82, 2.24) is 9.55 Å². The summed E-state index contributed by atoms with van der Waals surface area (Å²) in [5, 5.41) is 32.3. The molecule has 736 valence electrons. The van der Waals surface area contributed by atoms with E-state index in [2.05, 4.69) is 95.0 Å². The quantitative estimate of drug-likeness (QED) is 0.238. The molecule has 40 atom stereocenters. The number of carbonyl (C=O) groups excluding carboxylic acids is 1.